The Morgan fingerprint density at radius 2 is 2.56 bits per heavy atom. The summed E-state index contributed by atoms with van der Waals surface area (Å²) in [5.74, 6) is 0. The van der Waals surface area contributed by atoms with Crippen LogP contribution in [0.2, 0.25) is 0 Å². The van der Waals surface area contributed by atoms with Gasteiger partial charge in [0, 0.05) is 0 Å². The molecule has 0 aliphatic rings. The summed E-state index contributed by atoms with van der Waals surface area (Å²) in [5.41, 5.74) is 0. The predicted molar refractivity (Wildman–Crippen MR) is 31.7 cm³/mol. The average molecular weight is 125 g/mol. The number of hydrogen-bond donors (Lipinski definition) is 0. The number of hydrogen-bond acceptors (Lipinski definition) is 1. The molecule has 3 heteroatoms. The van der Waals surface area contributed by atoms with Gasteiger partial charge in [0.15, 0.2) is 6.29 Å². The highest BCUT2D eigenvalue weighted by Crippen LogP contribution is 1.78. The molecular formula is C6H9N2O+. The highest BCUT2D eigenvalue weighted by Gasteiger charge is 1.95. The third-order valence-corrected chi connectivity index (χ3v) is 1.11. The van der Waals surface area contributed by atoms with E-state index in [2.05, 4.69) is 0 Å². The number of rotatable bonds is 2. The Bertz CT molecular complexity index is 205. The summed E-state index contributed by atoms with van der Waals surface area (Å²) in [6, 6.07) is 0. The van der Waals surface area contributed by atoms with Crippen LogP contribution in [0.25, 0.3) is 0 Å². The van der Waals surface area contributed by atoms with Crippen molar-refractivity contribution < 1.29 is 9.36 Å². The average Bonchev–Trinajstić information content (AvgIpc) is 2.17. The Morgan fingerprint density at radius 3 is 3.00 bits per heavy atom. The molecule has 0 aromatic carbocycles. The summed E-state index contributed by atoms with van der Waals surface area (Å²) in [6.07, 6.45) is 6.48. The van der Waals surface area contributed by atoms with Gasteiger partial charge in [0.25, 0.3) is 0 Å². The summed E-state index contributed by atoms with van der Waals surface area (Å²) in [5, 5.41) is 0. The first-order chi connectivity index (χ1) is 4.33. The molecule has 48 valence electrons. The van der Waals surface area contributed by atoms with E-state index < -0.39 is 0 Å². The molecule has 0 aliphatic carbocycles. The van der Waals surface area contributed by atoms with Crippen LogP contribution < -0.4 is 4.57 Å². The van der Waals surface area contributed by atoms with Gasteiger partial charge in [-0.3, -0.25) is 4.79 Å². The number of nitrogens with zero attached hydrogens (tertiary/aromatic N) is 2. The molecule has 0 fully saturated rings. The lowest BCUT2D eigenvalue weighted by Gasteiger charge is -1.80. The van der Waals surface area contributed by atoms with Gasteiger partial charge >= 0.3 is 0 Å². The molecule has 1 aromatic heterocycles. The molecule has 9 heavy (non-hydrogen) atoms. The first kappa shape index (κ1) is 6.01. The number of imidazole rings is 1. The Hall–Kier alpha value is -1.12. The van der Waals surface area contributed by atoms with Crippen molar-refractivity contribution in [2.24, 2.45) is 7.05 Å². The number of carbonyl (C=O) groups excluding carboxylic acids is 1. The van der Waals surface area contributed by atoms with E-state index in [0.29, 0.717) is 6.54 Å². The van der Waals surface area contributed by atoms with Gasteiger partial charge < -0.3 is 0 Å². The molecule has 0 saturated carbocycles. The summed E-state index contributed by atoms with van der Waals surface area (Å²) >= 11 is 0. The molecule has 0 saturated heterocycles. The molecule has 0 aliphatic heterocycles. The van der Waals surface area contributed by atoms with Crippen molar-refractivity contribution in [3.63, 3.8) is 0 Å². The van der Waals surface area contributed by atoms with Crippen LogP contribution in [0.4, 0.5) is 0 Å². The van der Waals surface area contributed by atoms with Crippen molar-refractivity contribution in [2.45, 2.75) is 6.54 Å². The molecule has 1 heterocycles. The van der Waals surface area contributed by atoms with E-state index in [9.17, 15) is 4.79 Å². The van der Waals surface area contributed by atoms with Crippen molar-refractivity contribution in [2.75, 3.05) is 0 Å². The zero-order chi connectivity index (χ0) is 6.69. The van der Waals surface area contributed by atoms with Gasteiger partial charge in [-0.1, -0.05) is 0 Å². The van der Waals surface area contributed by atoms with Crippen molar-refractivity contribution in [3.05, 3.63) is 18.7 Å². The van der Waals surface area contributed by atoms with Crippen molar-refractivity contribution in [3.8, 4) is 0 Å². The van der Waals surface area contributed by atoms with E-state index in [-0.39, 0.29) is 0 Å². The van der Waals surface area contributed by atoms with Gasteiger partial charge in [-0.2, -0.15) is 0 Å². The maximum atomic E-state index is 9.95. The summed E-state index contributed by atoms with van der Waals surface area (Å²) in [7, 11) is 1.92. The van der Waals surface area contributed by atoms with E-state index in [0.717, 1.165) is 6.29 Å². The molecular weight excluding hydrogens is 116 g/mol. The monoisotopic (exact) mass is 125 g/mol. The second kappa shape index (κ2) is 2.44. The first-order valence-corrected chi connectivity index (χ1v) is 2.77. The third kappa shape index (κ3) is 1.38. The van der Waals surface area contributed by atoms with Crippen molar-refractivity contribution >= 4 is 6.29 Å². The van der Waals surface area contributed by atoms with Crippen LogP contribution in [-0.2, 0) is 18.4 Å². The fourth-order valence-electron chi connectivity index (χ4n) is 0.696. The Labute approximate surface area is 53.5 Å². The van der Waals surface area contributed by atoms with Gasteiger partial charge in [-0.25, -0.2) is 9.13 Å². The molecule has 0 N–H and O–H groups in total. The molecule has 1 aromatic rings. The molecule has 0 unspecified atom stereocenters. The lowest BCUT2D eigenvalue weighted by atomic mass is 10.7. The SMILES string of the molecule is C[n+]1ccn(CC=O)c1. The lowest BCUT2D eigenvalue weighted by Crippen LogP contribution is -2.23. The topological polar surface area (TPSA) is 25.9 Å². The zero-order valence-electron chi connectivity index (χ0n) is 5.32. The van der Waals surface area contributed by atoms with E-state index in [1.165, 1.54) is 0 Å². The smallest absolute Gasteiger partial charge is 0.243 e. The third-order valence-electron chi connectivity index (χ3n) is 1.11. The van der Waals surface area contributed by atoms with E-state index in [4.69, 9.17) is 0 Å². The Morgan fingerprint density at radius 1 is 1.78 bits per heavy atom. The molecule has 0 spiro atoms. The minimum absolute atomic E-state index is 0.445. The summed E-state index contributed by atoms with van der Waals surface area (Å²) < 4.78 is 3.70. The maximum absolute atomic E-state index is 9.95. The lowest BCUT2D eigenvalue weighted by molar-refractivity contribution is -0.671. The molecule has 0 radical (unpaired) electrons. The molecule has 1 rings (SSSR count). The number of aldehydes is 1. The second-order valence-electron chi connectivity index (χ2n) is 1.94. The number of aryl methyl sites for hydroxylation is 1. The predicted octanol–water partition coefficient (Wildman–Crippen LogP) is -0.489. The highest BCUT2D eigenvalue weighted by molar-refractivity contribution is 5.48. The Kier molecular flexibility index (Phi) is 1.63. The van der Waals surface area contributed by atoms with Gasteiger partial charge in [0.2, 0.25) is 6.33 Å². The molecule has 3 nitrogen and oxygen atoms in total. The molecule has 0 atom stereocenters. The number of aromatic nitrogens is 2. The van der Waals surface area contributed by atoms with E-state index in [1.807, 2.05) is 34.9 Å². The Balaban J connectivity index is 2.72. The largest absolute Gasteiger partial charge is 0.299 e. The van der Waals surface area contributed by atoms with E-state index >= 15 is 0 Å². The maximum Gasteiger partial charge on any atom is 0.243 e. The number of carbonyl (C=O) groups is 1. The molecule has 0 bridgehead atoms. The standard InChI is InChI=1S/C6H9N2O/c1-7-2-3-8(6-7)4-5-9/h2-3,5-6H,4H2,1H3/q+1. The fourth-order valence-corrected chi connectivity index (χ4v) is 0.696. The molecule has 0 amide bonds. The van der Waals surface area contributed by atoms with Crippen LogP contribution >= 0.6 is 0 Å². The van der Waals surface area contributed by atoms with Crippen LogP contribution in [-0.4, -0.2) is 10.9 Å². The second-order valence-corrected chi connectivity index (χ2v) is 1.94. The summed E-state index contributed by atoms with van der Waals surface area (Å²) in [6.45, 7) is 0.445. The van der Waals surface area contributed by atoms with E-state index in [1.54, 1.807) is 0 Å². The van der Waals surface area contributed by atoms with Crippen molar-refractivity contribution in [1.29, 1.82) is 0 Å². The van der Waals surface area contributed by atoms with Gasteiger partial charge in [0.05, 0.1) is 7.05 Å². The van der Waals surface area contributed by atoms with Gasteiger partial charge in [-0.15, -0.1) is 0 Å². The zero-order valence-corrected chi connectivity index (χ0v) is 5.32. The fraction of sp³-hybridized carbons (Fsp3) is 0.333. The van der Waals surface area contributed by atoms with Gasteiger partial charge in [-0.05, 0) is 0 Å². The van der Waals surface area contributed by atoms with Crippen LogP contribution in [0, 0.1) is 0 Å². The van der Waals surface area contributed by atoms with Crippen LogP contribution in [0.5, 0.6) is 0 Å². The highest BCUT2D eigenvalue weighted by atomic mass is 16.1. The normalized spacial score (nSPS) is 9.44. The van der Waals surface area contributed by atoms with Crippen molar-refractivity contribution in [1.82, 2.24) is 4.57 Å². The van der Waals surface area contributed by atoms with Crippen LogP contribution in [0.15, 0.2) is 18.7 Å². The minimum atomic E-state index is 0.445. The quantitative estimate of drug-likeness (QED) is 0.387. The van der Waals surface area contributed by atoms with Crippen LogP contribution in [0.3, 0.4) is 0 Å². The van der Waals surface area contributed by atoms with Crippen LogP contribution in [0.1, 0.15) is 0 Å². The summed E-state index contributed by atoms with van der Waals surface area (Å²) in [4.78, 5) is 9.95. The first-order valence-electron chi connectivity index (χ1n) is 2.77. The minimum Gasteiger partial charge on any atom is -0.299 e. The van der Waals surface area contributed by atoms with Gasteiger partial charge in [0.1, 0.15) is 18.9 Å².